The number of Topliss-reactive ketones (excluding diaryl/α,β-unsaturated/α-hetero) is 1. The van der Waals surface area contributed by atoms with Crippen molar-refractivity contribution in [2.24, 2.45) is 12.5 Å². The minimum absolute atomic E-state index is 0.0281. The fourth-order valence-electron chi connectivity index (χ4n) is 2.68. The Morgan fingerprint density at radius 1 is 1.20 bits per heavy atom. The van der Waals surface area contributed by atoms with Crippen LogP contribution in [0.1, 0.15) is 42.0 Å². The third-order valence-corrected chi connectivity index (χ3v) is 3.93. The molecule has 0 bridgehead atoms. The molecule has 0 aromatic carbocycles. The Kier molecular flexibility index (Phi) is 2.74. The van der Waals surface area contributed by atoms with Gasteiger partial charge >= 0.3 is 0 Å². The second-order valence-corrected chi connectivity index (χ2v) is 6.26. The van der Waals surface area contributed by atoms with E-state index in [0.717, 1.165) is 23.4 Å². The zero-order chi connectivity index (χ0) is 14.5. The molecule has 0 saturated heterocycles. The number of hydrogen-bond donors (Lipinski definition) is 0. The van der Waals surface area contributed by atoms with E-state index in [9.17, 15) is 4.79 Å². The maximum absolute atomic E-state index is 12.1. The van der Waals surface area contributed by atoms with E-state index in [1.807, 2.05) is 14.0 Å². The van der Waals surface area contributed by atoms with E-state index in [0.29, 0.717) is 17.8 Å². The van der Waals surface area contributed by atoms with Crippen LogP contribution in [0.15, 0.2) is 12.4 Å². The lowest BCUT2D eigenvalue weighted by Gasteiger charge is -2.29. The van der Waals surface area contributed by atoms with Crippen molar-refractivity contribution in [3.63, 3.8) is 0 Å². The standard InChI is InChI=1S/C15H18N4O/c1-9-10(8-17-19(9)4)14-16-7-11-12(18-14)5-15(2,3)6-13(11)20/h7-8H,5-6H2,1-4H3. The van der Waals surface area contributed by atoms with Gasteiger partial charge in [0.05, 0.1) is 23.0 Å². The molecule has 0 radical (unpaired) electrons. The van der Waals surface area contributed by atoms with Crippen molar-refractivity contribution in [2.75, 3.05) is 0 Å². The Bertz CT molecular complexity index is 700. The molecular weight excluding hydrogens is 252 g/mol. The highest BCUT2D eigenvalue weighted by atomic mass is 16.1. The summed E-state index contributed by atoms with van der Waals surface area (Å²) in [4.78, 5) is 21.1. The molecule has 2 heterocycles. The monoisotopic (exact) mass is 270 g/mol. The molecule has 0 fully saturated rings. The van der Waals surface area contributed by atoms with Crippen LogP contribution in [0.4, 0.5) is 0 Å². The first-order valence-electron chi connectivity index (χ1n) is 6.75. The summed E-state index contributed by atoms with van der Waals surface area (Å²) in [5.74, 6) is 0.797. The van der Waals surface area contributed by atoms with Gasteiger partial charge in [0.25, 0.3) is 0 Å². The maximum Gasteiger partial charge on any atom is 0.166 e. The predicted octanol–water partition coefficient (Wildman–Crippen LogP) is 2.34. The van der Waals surface area contributed by atoms with E-state index >= 15 is 0 Å². The summed E-state index contributed by atoms with van der Waals surface area (Å²) in [6.45, 7) is 6.19. The summed E-state index contributed by atoms with van der Waals surface area (Å²) in [7, 11) is 1.89. The molecule has 0 amide bonds. The molecule has 0 spiro atoms. The van der Waals surface area contributed by atoms with Crippen LogP contribution >= 0.6 is 0 Å². The van der Waals surface area contributed by atoms with Crippen molar-refractivity contribution in [3.8, 4) is 11.4 Å². The third kappa shape index (κ3) is 2.03. The molecule has 0 aliphatic heterocycles. The van der Waals surface area contributed by atoms with Crippen LogP contribution in [-0.4, -0.2) is 25.5 Å². The SMILES string of the molecule is Cc1c(-c2ncc3c(n2)CC(C)(C)CC3=O)cnn1C. The highest BCUT2D eigenvalue weighted by molar-refractivity contribution is 5.98. The number of rotatable bonds is 1. The minimum atomic E-state index is -0.0281. The van der Waals surface area contributed by atoms with Gasteiger partial charge in [-0.1, -0.05) is 13.8 Å². The highest BCUT2D eigenvalue weighted by Crippen LogP contribution is 2.34. The molecule has 1 aliphatic carbocycles. The Balaban J connectivity index is 2.10. The average molecular weight is 270 g/mol. The van der Waals surface area contributed by atoms with Gasteiger partial charge in [0.15, 0.2) is 11.6 Å². The van der Waals surface area contributed by atoms with E-state index in [2.05, 4.69) is 28.9 Å². The Hall–Kier alpha value is -2.04. The molecule has 2 aromatic heterocycles. The highest BCUT2D eigenvalue weighted by Gasteiger charge is 2.32. The molecule has 0 N–H and O–H groups in total. The molecule has 20 heavy (non-hydrogen) atoms. The molecular formula is C15H18N4O. The van der Waals surface area contributed by atoms with Gasteiger partial charge in [0.1, 0.15) is 0 Å². The summed E-state index contributed by atoms with van der Waals surface area (Å²) < 4.78 is 1.80. The zero-order valence-electron chi connectivity index (χ0n) is 12.3. The summed E-state index contributed by atoms with van der Waals surface area (Å²) >= 11 is 0. The van der Waals surface area contributed by atoms with Crippen molar-refractivity contribution in [2.45, 2.75) is 33.6 Å². The van der Waals surface area contributed by atoms with E-state index in [1.165, 1.54) is 0 Å². The van der Waals surface area contributed by atoms with Crippen LogP contribution < -0.4 is 0 Å². The van der Waals surface area contributed by atoms with E-state index in [4.69, 9.17) is 0 Å². The molecule has 0 saturated carbocycles. The van der Waals surface area contributed by atoms with Gasteiger partial charge in [-0.3, -0.25) is 9.48 Å². The Morgan fingerprint density at radius 2 is 1.95 bits per heavy atom. The lowest BCUT2D eigenvalue weighted by atomic mass is 9.76. The van der Waals surface area contributed by atoms with Gasteiger partial charge in [0.2, 0.25) is 0 Å². The quantitative estimate of drug-likeness (QED) is 0.798. The topological polar surface area (TPSA) is 60.7 Å². The number of carbonyl (C=O) groups is 1. The van der Waals surface area contributed by atoms with Gasteiger partial charge in [0, 0.05) is 25.4 Å². The number of aryl methyl sites for hydroxylation is 1. The van der Waals surface area contributed by atoms with Gasteiger partial charge < -0.3 is 0 Å². The molecule has 0 atom stereocenters. The molecule has 2 aromatic rings. The van der Waals surface area contributed by atoms with Crippen molar-refractivity contribution < 1.29 is 4.79 Å². The van der Waals surface area contributed by atoms with Crippen molar-refractivity contribution in [1.29, 1.82) is 0 Å². The van der Waals surface area contributed by atoms with E-state index < -0.39 is 0 Å². The van der Waals surface area contributed by atoms with Gasteiger partial charge in [-0.2, -0.15) is 5.10 Å². The fourth-order valence-corrected chi connectivity index (χ4v) is 2.68. The largest absolute Gasteiger partial charge is 0.294 e. The van der Waals surface area contributed by atoms with Crippen molar-refractivity contribution >= 4 is 5.78 Å². The second kappa shape index (κ2) is 4.23. The number of carbonyl (C=O) groups excluding carboxylic acids is 1. The van der Waals surface area contributed by atoms with Gasteiger partial charge in [-0.25, -0.2) is 9.97 Å². The smallest absolute Gasteiger partial charge is 0.166 e. The number of aromatic nitrogens is 4. The molecule has 5 nitrogen and oxygen atoms in total. The van der Waals surface area contributed by atoms with Crippen LogP contribution in [0, 0.1) is 12.3 Å². The van der Waals surface area contributed by atoms with Gasteiger partial charge in [-0.05, 0) is 18.8 Å². The van der Waals surface area contributed by atoms with Crippen LogP contribution in [0.5, 0.6) is 0 Å². The predicted molar refractivity (Wildman–Crippen MR) is 75.4 cm³/mol. The molecule has 1 aliphatic rings. The van der Waals surface area contributed by atoms with Gasteiger partial charge in [-0.15, -0.1) is 0 Å². The van der Waals surface area contributed by atoms with Crippen LogP contribution in [-0.2, 0) is 13.5 Å². The molecule has 104 valence electrons. The number of hydrogen-bond acceptors (Lipinski definition) is 4. The second-order valence-electron chi connectivity index (χ2n) is 6.26. The third-order valence-electron chi connectivity index (χ3n) is 3.93. The fraction of sp³-hybridized carbons (Fsp3) is 0.467. The first-order chi connectivity index (χ1) is 9.37. The molecule has 0 unspecified atom stereocenters. The minimum Gasteiger partial charge on any atom is -0.294 e. The van der Waals surface area contributed by atoms with Crippen LogP contribution in [0.25, 0.3) is 11.4 Å². The first kappa shape index (κ1) is 13.0. The number of fused-ring (bicyclic) bond motifs is 1. The Morgan fingerprint density at radius 3 is 2.60 bits per heavy atom. The normalized spacial score (nSPS) is 17.1. The molecule has 5 heteroatoms. The summed E-state index contributed by atoms with van der Waals surface area (Å²) in [5.41, 5.74) is 3.45. The van der Waals surface area contributed by atoms with Crippen molar-refractivity contribution in [3.05, 3.63) is 29.3 Å². The van der Waals surface area contributed by atoms with Crippen molar-refractivity contribution in [1.82, 2.24) is 19.7 Å². The lowest BCUT2D eigenvalue weighted by molar-refractivity contribution is 0.0910. The van der Waals surface area contributed by atoms with Crippen LogP contribution in [0.2, 0.25) is 0 Å². The van der Waals surface area contributed by atoms with E-state index in [1.54, 1.807) is 17.1 Å². The summed E-state index contributed by atoms with van der Waals surface area (Å²) in [5, 5.41) is 4.22. The summed E-state index contributed by atoms with van der Waals surface area (Å²) in [6.07, 6.45) is 4.81. The lowest BCUT2D eigenvalue weighted by Crippen LogP contribution is -2.28. The van der Waals surface area contributed by atoms with E-state index in [-0.39, 0.29) is 11.2 Å². The Labute approximate surface area is 118 Å². The maximum atomic E-state index is 12.1. The number of nitrogens with zero attached hydrogens (tertiary/aromatic N) is 4. The average Bonchev–Trinajstić information content (AvgIpc) is 2.68. The first-order valence-corrected chi connectivity index (χ1v) is 6.75. The number of ketones is 1. The summed E-state index contributed by atoms with van der Waals surface area (Å²) in [6, 6.07) is 0. The molecule has 3 rings (SSSR count). The van der Waals surface area contributed by atoms with Crippen LogP contribution in [0.3, 0.4) is 0 Å². The zero-order valence-corrected chi connectivity index (χ0v) is 12.3.